The van der Waals surface area contributed by atoms with Gasteiger partial charge >= 0.3 is 0 Å². The molecule has 250 valence electrons. The van der Waals surface area contributed by atoms with Crippen molar-refractivity contribution in [3.8, 4) is 33.4 Å². The molecule has 2 aliphatic rings. The maximum atomic E-state index is 2.35. The number of para-hydroxylation sites is 1. The Balaban J connectivity index is 1.06. The predicted octanol–water partition coefficient (Wildman–Crippen LogP) is 14.0. The van der Waals surface area contributed by atoms with Gasteiger partial charge in [0.25, 0.3) is 0 Å². The van der Waals surface area contributed by atoms with Crippen LogP contribution in [0.4, 0.5) is 17.1 Å². The van der Waals surface area contributed by atoms with Crippen molar-refractivity contribution in [2.24, 2.45) is 0 Å². The molecule has 52 heavy (non-hydrogen) atoms. The van der Waals surface area contributed by atoms with Gasteiger partial charge in [-0.15, -0.1) is 0 Å². The Labute approximate surface area is 306 Å². The van der Waals surface area contributed by atoms with Crippen molar-refractivity contribution in [3.63, 3.8) is 0 Å². The van der Waals surface area contributed by atoms with E-state index in [9.17, 15) is 0 Å². The number of fused-ring (bicyclic) bond motifs is 1. The third kappa shape index (κ3) is 6.25. The van der Waals surface area contributed by atoms with Crippen LogP contribution in [0.15, 0.2) is 194 Å². The molecule has 6 aromatic carbocycles. The summed E-state index contributed by atoms with van der Waals surface area (Å²) in [6.07, 6.45) is 20.4. The van der Waals surface area contributed by atoms with Gasteiger partial charge in [0.2, 0.25) is 0 Å². The lowest BCUT2D eigenvalue weighted by Gasteiger charge is -2.26. The predicted molar refractivity (Wildman–Crippen MR) is 222 cm³/mol. The lowest BCUT2D eigenvalue weighted by atomic mass is 9.98. The molecule has 1 heterocycles. The summed E-state index contributed by atoms with van der Waals surface area (Å²) in [5.41, 5.74) is 15.7. The third-order valence-electron chi connectivity index (χ3n) is 10.3. The van der Waals surface area contributed by atoms with E-state index in [-0.39, 0.29) is 0 Å². The van der Waals surface area contributed by atoms with Gasteiger partial charge in [-0.25, -0.2) is 0 Å². The third-order valence-corrected chi connectivity index (χ3v) is 10.3. The molecule has 0 atom stereocenters. The van der Waals surface area contributed by atoms with E-state index in [2.05, 4.69) is 204 Å². The van der Waals surface area contributed by atoms with Crippen molar-refractivity contribution in [3.05, 3.63) is 200 Å². The smallest absolute Gasteiger partial charge is 0.0534 e. The fourth-order valence-electron chi connectivity index (χ4n) is 7.58. The molecule has 0 saturated carbocycles. The highest BCUT2D eigenvalue weighted by Crippen LogP contribution is 2.39. The van der Waals surface area contributed by atoms with E-state index >= 15 is 0 Å². The zero-order valence-electron chi connectivity index (χ0n) is 29.2. The zero-order valence-corrected chi connectivity index (χ0v) is 29.2. The summed E-state index contributed by atoms with van der Waals surface area (Å²) in [5.74, 6) is 0. The molecular formula is C50H40N2. The van der Waals surface area contributed by atoms with Crippen molar-refractivity contribution in [2.45, 2.75) is 25.7 Å². The second-order valence-electron chi connectivity index (χ2n) is 13.6. The Morgan fingerprint density at radius 3 is 1.63 bits per heavy atom. The van der Waals surface area contributed by atoms with Gasteiger partial charge in [-0.3, -0.25) is 0 Å². The van der Waals surface area contributed by atoms with Crippen molar-refractivity contribution in [2.75, 3.05) is 4.90 Å². The van der Waals surface area contributed by atoms with Gasteiger partial charge in [-0.2, -0.15) is 0 Å². The second-order valence-corrected chi connectivity index (χ2v) is 13.6. The second kappa shape index (κ2) is 14.1. The first-order valence-electron chi connectivity index (χ1n) is 18.4. The molecule has 0 radical (unpaired) electrons. The van der Waals surface area contributed by atoms with E-state index in [0.29, 0.717) is 0 Å². The summed E-state index contributed by atoms with van der Waals surface area (Å²) >= 11 is 0. The SMILES string of the molecule is C1=CC(c2ccc(N(c3ccc(-c4ccccc4)cc3)c3ccc(-c4cccc(-c5cn(C6=CCCC=C6)c6ccccc56)c4)cc3)cc2)=CCC1. The van der Waals surface area contributed by atoms with E-state index in [0.717, 1.165) is 42.7 Å². The van der Waals surface area contributed by atoms with E-state index in [1.165, 1.54) is 61.1 Å². The van der Waals surface area contributed by atoms with Crippen LogP contribution in [0.2, 0.25) is 0 Å². The number of anilines is 3. The molecule has 2 heteroatoms. The molecule has 9 rings (SSSR count). The molecular weight excluding hydrogens is 629 g/mol. The van der Waals surface area contributed by atoms with Crippen LogP contribution < -0.4 is 4.90 Å². The molecule has 0 unspecified atom stereocenters. The number of hydrogen-bond acceptors (Lipinski definition) is 1. The molecule has 0 saturated heterocycles. The summed E-state index contributed by atoms with van der Waals surface area (Å²) in [4.78, 5) is 2.35. The van der Waals surface area contributed by atoms with Gasteiger partial charge in [-0.05, 0) is 119 Å². The summed E-state index contributed by atoms with van der Waals surface area (Å²) in [6, 6.07) is 55.2. The minimum atomic E-state index is 1.08. The van der Waals surface area contributed by atoms with Crippen LogP contribution in [0, 0.1) is 0 Å². The van der Waals surface area contributed by atoms with Crippen molar-refractivity contribution < 1.29 is 0 Å². The summed E-state index contributed by atoms with van der Waals surface area (Å²) in [6.45, 7) is 0. The van der Waals surface area contributed by atoms with Crippen LogP contribution in [-0.4, -0.2) is 4.57 Å². The van der Waals surface area contributed by atoms with Crippen LogP contribution in [-0.2, 0) is 0 Å². The molecule has 2 nitrogen and oxygen atoms in total. The van der Waals surface area contributed by atoms with Gasteiger partial charge in [0.1, 0.15) is 0 Å². The molecule has 2 aliphatic carbocycles. The Hall–Kier alpha value is -6.38. The number of aromatic nitrogens is 1. The van der Waals surface area contributed by atoms with E-state index < -0.39 is 0 Å². The Morgan fingerprint density at radius 2 is 0.981 bits per heavy atom. The largest absolute Gasteiger partial charge is 0.316 e. The van der Waals surface area contributed by atoms with E-state index in [1.807, 2.05) is 0 Å². The number of benzene rings is 6. The number of allylic oxidation sites excluding steroid dienone is 8. The lowest BCUT2D eigenvalue weighted by Crippen LogP contribution is -2.10. The van der Waals surface area contributed by atoms with Crippen molar-refractivity contribution >= 4 is 39.2 Å². The highest BCUT2D eigenvalue weighted by Gasteiger charge is 2.16. The van der Waals surface area contributed by atoms with Crippen LogP contribution in [0.5, 0.6) is 0 Å². The molecule has 7 aromatic rings. The molecule has 0 amide bonds. The van der Waals surface area contributed by atoms with Crippen molar-refractivity contribution in [1.29, 1.82) is 0 Å². The maximum Gasteiger partial charge on any atom is 0.0534 e. The number of nitrogens with zero attached hydrogens (tertiary/aromatic N) is 2. The molecule has 0 bridgehead atoms. The average Bonchev–Trinajstić information content (AvgIpc) is 3.63. The zero-order chi connectivity index (χ0) is 34.7. The van der Waals surface area contributed by atoms with E-state index in [1.54, 1.807) is 0 Å². The average molecular weight is 669 g/mol. The Morgan fingerprint density at radius 1 is 0.423 bits per heavy atom. The van der Waals surface area contributed by atoms with Gasteiger partial charge < -0.3 is 9.47 Å². The van der Waals surface area contributed by atoms with Gasteiger partial charge in [0.05, 0.1) is 5.52 Å². The first kappa shape index (κ1) is 31.6. The molecule has 1 aromatic heterocycles. The Kier molecular flexibility index (Phi) is 8.56. The summed E-state index contributed by atoms with van der Waals surface area (Å²) < 4.78 is 2.35. The fraction of sp³-hybridized carbons (Fsp3) is 0.0800. The van der Waals surface area contributed by atoms with Gasteiger partial charge in [0.15, 0.2) is 0 Å². The quantitative estimate of drug-likeness (QED) is 0.156. The fourth-order valence-corrected chi connectivity index (χ4v) is 7.58. The first-order chi connectivity index (χ1) is 25.8. The minimum Gasteiger partial charge on any atom is -0.316 e. The van der Waals surface area contributed by atoms with E-state index in [4.69, 9.17) is 0 Å². The normalized spacial score (nSPS) is 13.9. The van der Waals surface area contributed by atoms with Crippen LogP contribution in [0.3, 0.4) is 0 Å². The standard InChI is InChI=1S/C50H40N2/c1-4-13-37(14-5-1)39-23-29-45(30-24-39)52(46-31-25-40(26-32-46)38-15-6-2-7-16-38)47-33-27-41(28-34-47)42-17-12-18-43(35-42)49-36-51(44-19-8-3-9-20-44)50-22-11-10-21-48(49)50/h1,4-6,8,10-36H,2-3,7,9H2. The molecule has 0 fully saturated rings. The van der Waals surface area contributed by atoms with Gasteiger partial charge in [-0.1, -0.05) is 134 Å². The summed E-state index contributed by atoms with van der Waals surface area (Å²) in [5, 5.41) is 1.27. The Bertz CT molecular complexity index is 2470. The first-order valence-corrected chi connectivity index (χ1v) is 18.4. The molecule has 0 aliphatic heterocycles. The van der Waals surface area contributed by atoms with Crippen LogP contribution in [0.1, 0.15) is 31.2 Å². The summed E-state index contributed by atoms with van der Waals surface area (Å²) in [7, 11) is 0. The maximum absolute atomic E-state index is 2.35. The minimum absolute atomic E-state index is 1.08. The van der Waals surface area contributed by atoms with Gasteiger partial charge in [0, 0.05) is 39.9 Å². The molecule has 0 spiro atoms. The number of hydrogen-bond donors (Lipinski definition) is 0. The number of rotatable bonds is 8. The monoisotopic (exact) mass is 668 g/mol. The van der Waals surface area contributed by atoms with Crippen LogP contribution in [0.25, 0.3) is 55.6 Å². The highest BCUT2D eigenvalue weighted by atomic mass is 15.1. The highest BCUT2D eigenvalue weighted by molar-refractivity contribution is 5.99. The topological polar surface area (TPSA) is 8.17 Å². The van der Waals surface area contributed by atoms with Crippen molar-refractivity contribution in [1.82, 2.24) is 4.57 Å². The van der Waals surface area contributed by atoms with Crippen LogP contribution >= 0.6 is 0 Å². The lowest BCUT2D eigenvalue weighted by molar-refractivity contribution is 1.01. The molecule has 0 N–H and O–H groups in total.